The molecule has 1 amide bonds. The fourth-order valence-corrected chi connectivity index (χ4v) is 1.97. The Balaban J connectivity index is 2.48. The van der Waals surface area contributed by atoms with Crippen LogP contribution in [0.15, 0.2) is 24.3 Å². The Morgan fingerprint density at radius 2 is 1.81 bits per heavy atom. The summed E-state index contributed by atoms with van der Waals surface area (Å²) in [5.41, 5.74) is 2.29. The second-order valence-corrected chi connectivity index (χ2v) is 4.92. The van der Waals surface area contributed by atoms with E-state index >= 15 is 0 Å². The topological polar surface area (TPSA) is 66.8 Å². The second kappa shape index (κ2) is 9.13. The summed E-state index contributed by atoms with van der Waals surface area (Å²) in [7, 11) is 1.32. The fourth-order valence-electron chi connectivity index (χ4n) is 1.97. The maximum Gasteiger partial charge on any atom is 0.307 e. The van der Waals surface area contributed by atoms with E-state index in [4.69, 9.17) is 5.11 Å². The highest BCUT2D eigenvalue weighted by atomic mass is 16.5. The first-order chi connectivity index (χ1) is 10.1. The molecule has 0 aliphatic heterocycles. The number of aliphatic hydroxyl groups is 1. The summed E-state index contributed by atoms with van der Waals surface area (Å²) < 4.78 is 4.56. The summed E-state index contributed by atoms with van der Waals surface area (Å²) in [6.45, 7) is 2.42. The van der Waals surface area contributed by atoms with Crippen molar-refractivity contribution in [2.45, 2.75) is 26.2 Å². The number of benzene rings is 1. The van der Waals surface area contributed by atoms with Gasteiger partial charge >= 0.3 is 5.97 Å². The van der Waals surface area contributed by atoms with Crippen LogP contribution in [0.5, 0.6) is 0 Å². The van der Waals surface area contributed by atoms with E-state index in [1.807, 2.05) is 31.2 Å². The molecule has 0 aliphatic carbocycles. The number of amides is 1. The van der Waals surface area contributed by atoms with E-state index in [0.29, 0.717) is 12.8 Å². The van der Waals surface area contributed by atoms with Crippen molar-refractivity contribution in [2.75, 3.05) is 26.8 Å². The van der Waals surface area contributed by atoms with Gasteiger partial charge in [-0.2, -0.15) is 0 Å². The zero-order valence-electron chi connectivity index (χ0n) is 12.7. The number of carbonyl (C=O) groups excluding carboxylic acids is 2. The van der Waals surface area contributed by atoms with Gasteiger partial charge in [-0.3, -0.25) is 9.59 Å². The van der Waals surface area contributed by atoms with Crippen LogP contribution in [0, 0.1) is 6.92 Å². The van der Waals surface area contributed by atoms with Crippen molar-refractivity contribution in [2.24, 2.45) is 0 Å². The third-order valence-corrected chi connectivity index (χ3v) is 3.28. The van der Waals surface area contributed by atoms with E-state index in [2.05, 4.69) is 4.74 Å². The maximum absolute atomic E-state index is 12.1. The summed E-state index contributed by atoms with van der Waals surface area (Å²) in [5.74, 6) is -0.419. The first kappa shape index (κ1) is 17.2. The molecule has 0 unspecified atom stereocenters. The van der Waals surface area contributed by atoms with E-state index in [-0.39, 0.29) is 38.0 Å². The molecule has 1 aromatic carbocycles. The lowest BCUT2D eigenvalue weighted by atomic mass is 10.1. The lowest BCUT2D eigenvalue weighted by molar-refractivity contribution is -0.141. The molecule has 0 radical (unpaired) electrons. The highest BCUT2D eigenvalue weighted by molar-refractivity contribution is 5.77. The molecular formula is C16H23NO4. The number of aliphatic hydroxyl groups excluding tert-OH is 1. The number of methoxy groups -OCH3 is 1. The number of esters is 1. The van der Waals surface area contributed by atoms with Crippen LogP contribution in [-0.4, -0.2) is 48.7 Å². The van der Waals surface area contributed by atoms with Crippen molar-refractivity contribution in [3.05, 3.63) is 35.4 Å². The molecule has 0 bridgehead atoms. The largest absolute Gasteiger partial charge is 0.469 e. The van der Waals surface area contributed by atoms with Gasteiger partial charge in [-0.05, 0) is 18.9 Å². The molecular weight excluding hydrogens is 270 g/mol. The van der Waals surface area contributed by atoms with E-state index in [0.717, 1.165) is 5.56 Å². The maximum atomic E-state index is 12.1. The molecule has 0 atom stereocenters. The highest BCUT2D eigenvalue weighted by Gasteiger charge is 2.14. The number of hydrogen-bond donors (Lipinski definition) is 1. The second-order valence-electron chi connectivity index (χ2n) is 4.92. The minimum Gasteiger partial charge on any atom is -0.469 e. The van der Waals surface area contributed by atoms with Gasteiger partial charge in [-0.15, -0.1) is 0 Å². The number of rotatable bonds is 8. The number of nitrogens with zero attached hydrogens (tertiary/aromatic N) is 1. The van der Waals surface area contributed by atoms with Gasteiger partial charge in [0.05, 0.1) is 20.1 Å². The van der Waals surface area contributed by atoms with E-state index < -0.39 is 0 Å². The summed E-state index contributed by atoms with van der Waals surface area (Å²) >= 11 is 0. The van der Waals surface area contributed by atoms with Crippen LogP contribution in [0.2, 0.25) is 0 Å². The van der Waals surface area contributed by atoms with Gasteiger partial charge in [0.2, 0.25) is 5.91 Å². The average Bonchev–Trinajstić information content (AvgIpc) is 2.50. The Labute approximate surface area is 125 Å². The third kappa shape index (κ3) is 6.40. The normalized spacial score (nSPS) is 10.2. The molecule has 1 aromatic rings. The molecule has 1 N–H and O–H groups in total. The average molecular weight is 293 g/mol. The van der Waals surface area contributed by atoms with Gasteiger partial charge in [-0.1, -0.05) is 29.8 Å². The lowest BCUT2D eigenvalue weighted by Gasteiger charge is -2.21. The Hall–Kier alpha value is -1.88. The van der Waals surface area contributed by atoms with Crippen molar-refractivity contribution in [1.29, 1.82) is 0 Å². The summed E-state index contributed by atoms with van der Waals surface area (Å²) in [5, 5.41) is 9.01. The van der Waals surface area contributed by atoms with Crippen LogP contribution >= 0.6 is 0 Å². The van der Waals surface area contributed by atoms with Crippen molar-refractivity contribution < 1.29 is 19.4 Å². The lowest BCUT2D eigenvalue weighted by Crippen LogP contribution is -2.35. The Bertz CT molecular complexity index is 456. The Morgan fingerprint density at radius 1 is 1.14 bits per heavy atom. The number of hydrogen-bond acceptors (Lipinski definition) is 4. The predicted octanol–water partition coefficient (Wildman–Crippen LogP) is 1.31. The van der Waals surface area contributed by atoms with Gasteiger partial charge in [0.15, 0.2) is 0 Å². The first-order valence-electron chi connectivity index (χ1n) is 7.07. The molecule has 0 saturated heterocycles. The molecule has 0 aliphatic rings. The zero-order chi connectivity index (χ0) is 15.7. The molecule has 0 spiro atoms. The molecule has 0 heterocycles. The zero-order valence-corrected chi connectivity index (χ0v) is 12.7. The smallest absolute Gasteiger partial charge is 0.307 e. The van der Waals surface area contributed by atoms with E-state index in [9.17, 15) is 9.59 Å². The van der Waals surface area contributed by atoms with Crippen molar-refractivity contribution >= 4 is 11.9 Å². The Morgan fingerprint density at radius 3 is 2.38 bits per heavy atom. The van der Waals surface area contributed by atoms with E-state index in [1.54, 1.807) is 0 Å². The standard InChI is InChI=1S/C16H23NO4/c1-13-3-5-14(6-4-13)7-8-15(19)17(11-12-18)10-9-16(20)21-2/h3-6,18H,7-12H2,1-2H3. The summed E-state index contributed by atoms with van der Waals surface area (Å²) in [4.78, 5) is 24.8. The molecule has 116 valence electrons. The molecule has 5 heteroatoms. The summed E-state index contributed by atoms with van der Waals surface area (Å²) in [6, 6.07) is 8.05. The SMILES string of the molecule is COC(=O)CCN(CCO)C(=O)CCc1ccc(C)cc1. The molecule has 5 nitrogen and oxygen atoms in total. The molecule has 0 aromatic heterocycles. The van der Waals surface area contributed by atoms with Gasteiger partial charge in [0.25, 0.3) is 0 Å². The molecule has 21 heavy (non-hydrogen) atoms. The molecule has 1 rings (SSSR count). The van der Waals surface area contributed by atoms with Crippen LogP contribution in [0.4, 0.5) is 0 Å². The van der Waals surface area contributed by atoms with Gasteiger partial charge in [-0.25, -0.2) is 0 Å². The van der Waals surface area contributed by atoms with Crippen LogP contribution in [0.3, 0.4) is 0 Å². The number of carbonyl (C=O) groups is 2. The molecule has 0 saturated carbocycles. The van der Waals surface area contributed by atoms with Gasteiger partial charge < -0.3 is 14.7 Å². The van der Waals surface area contributed by atoms with Crippen LogP contribution in [0.1, 0.15) is 24.0 Å². The van der Waals surface area contributed by atoms with E-state index in [1.165, 1.54) is 17.6 Å². The van der Waals surface area contributed by atoms with Crippen molar-refractivity contribution in [3.8, 4) is 0 Å². The molecule has 0 fully saturated rings. The monoisotopic (exact) mass is 293 g/mol. The highest BCUT2D eigenvalue weighted by Crippen LogP contribution is 2.07. The summed E-state index contributed by atoms with van der Waals surface area (Å²) in [6.07, 6.45) is 1.16. The van der Waals surface area contributed by atoms with Crippen molar-refractivity contribution in [3.63, 3.8) is 0 Å². The van der Waals surface area contributed by atoms with Crippen LogP contribution in [-0.2, 0) is 20.7 Å². The van der Waals surface area contributed by atoms with Gasteiger partial charge in [0, 0.05) is 19.5 Å². The minimum atomic E-state index is -0.357. The first-order valence-corrected chi connectivity index (χ1v) is 7.07. The quantitative estimate of drug-likeness (QED) is 0.734. The van der Waals surface area contributed by atoms with Gasteiger partial charge in [0.1, 0.15) is 0 Å². The minimum absolute atomic E-state index is 0.0615. The third-order valence-electron chi connectivity index (χ3n) is 3.28. The number of aryl methyl sites for hydroxylation is 2. The number of ether oxygens (including phenoxy) is 1. The predicted molar refractivity (Wildman–Crippen MR) is 79.8 cm³/mol. The Kier molecular flexibility index (Phi) is 7.46. The van der Waals surface area contributed by atoms with Crippen LogP contribution in [0.25, 0.3) is 0 Å². The van der Waals surface area contributed by atoms with Crippen molar-refractivity contribution in [1.82, 2.24) is 4.90 Å². The van der Waals surface area contributed by atoms with Crippen LogP contribution < -0.4 is 0 Å². The fraction of sp³-hybridized carbons (Fsp3) is 0.500.